The van der Waals surface area contributed by atoms with Crippen molar-refractivity contribution >= 4 is 45.7 Å². The second kappa shape index (κ2) is 11.9. The summed E-state index contributed by atoms with van der Waals surface area (Å²) in [6.45, 7) is 1.95. The second-order valence-electron chi connectivity index (χ2n) is 8.11. The number of ether oxygens (including phenoxy) is 1. The summed E-state index contributed by atoms with van der Waals surface area (Å²) < 4.78 is 20.0. The van der Waals surface area contributed by atoms with Gasteiger partial charge in [-0.05, 0) is 36.4 Å². The van der Waals surface area contributed by atoms with Crippen molar-refractivity contribution in [3.05, 3.63) is 42.1 Å². The number of anilines is 3. The Labute approximate surface area is 206 Å². The zero-order chi connectivity index (χ0) is 26.2. The maximum atomic E-state index is 15.0. The number of nitrogens with zero attached hydrogens (tertiary/aromatic N) is 2. The Morgan fingerprint density at radius 3 is 2.56 bits per heavy atom. The largest absolute Gasteiger partial charge is 0.397 e. The fourth-order valence-corrected chi connectivity index (χ4v) is 3.51. The number of halogens is 1. The topological polar surface area (TPSA) is 188 Å². The molecule has 0 saturated carbocycles. The number of amides is 3. The second-order valence-corrected chi connectivity index (χ2v) is 8.11. The first kappa shape index (κ1) is 26.3. The monoisotopic (exact) mass is 497 g/mol. The molecule has 3 rings (SSSR count). The standard InChI is InChI=1S/C24H28FN7O4/c1-13-16(9-29-11-18(13)26)15-7-14-8-20(31-10-17(14)24(28)23(15)25)32-22(35)4-2-3-21(34)30-5-6-36-12-19(27)33/h7-11H,2-6,12,26,28H2,1H3,(H2,27,33)(H,30,34)(H,31,32,35). The Bertz CT molecular complexity index is 1300. The van der Waals surface area contributed by atoms with Gasteiger partial charge < -0.3 is 32.6 Å². The van der Waals surface area contributed by atoms with E-state index in [9.17, 15) is 14.4 Å². The van der Waals surface area contributed by atoms with Crippen LogP contribution in [0.2, 0.25) is 0 Å². The summed E-state index contributed by atoms with van der Waals surface area (Å²) >= 11 is 0. The molecule has 3 aromatic rings. The van der Waals surface area contributed by atoms with Crippen molar-refractivity contribution < 1.29 is 23.5 Å². The van der Waals surface area contributed by atoms with Gasteiger partial charge in [-0.2, -0.15) is 0 Å². The van der Waals surface area contributed by atoms with E-state index in [0.29, 0.717) is 34.0 Å². The van der Waals surface area contributed by atoms with Crippen molar-refractivity contribution in [2.45, 2.75) is 26.2 Å². The normalized spacial score (nSPS) is 10.8. The summed E-state index contributed by atoms with van der Waals surface area (Å²) in [5.41, 5.74) is 18.7. The smallest absolute Gasteiger partial charge is 0.243 e. The number of benzene rings is 1. The van der Waals surface area contributed by atoms with Crippen LogP contribution in [0.25, 0.3) is 21.9 Å². The van der Waals surface area contributed by atoms with Crippen LogP contribution in [0.3, 0.4) is 0 Å². The fraction of sp³-hybridized carbons (Fsp3) is 0.292. The summed E-state index contributed by atoms with van der Waals surface area (Å²) in [5.74, 6) is -1.49. The number of nitrogens with one attached hydrogen (secondary N) is 2. The fourth-order valence-electron chi connectivity index (χ4n) is 3.51. The number of rotatable bonds is 11. The Kier molecular flexibility index (Phi) is 8.68. The van der Waals surface area contributed by atoms with Gasteiger partial charge in [0, 0.05) is 48.3 Å². The molecule has 0 aliphatic rings. The number of pyridine rings is 2. The number of primary amides is 1. The van der Waals surface area contributed by atoms with Gasteiger partial charge in [-0.1, -0.05) is 0 Å². The van der Waals surface area contributed by atoms with Gasteiger partial charge in [-0.3, -0.25) is 19.4 Å². The maximum Gasteiger partial charge on any atom is 0.243 e. The minimum atomic E-state index is -0.603. The lowest BCUT2D eigenvalue weighted by molar-refractivity contribution is -0.122. The molecule has 1 aromatic carbocycles. The molecule has 0 fully saturated rings. The van der Waals surface area contributed by atoms with Gasteiger partial charge in [0.05, 0.1) is 24.2 Å². The summed E-state index contributed by atoms with van der Waals surface area (Å²) in [5, 5.41) is 6.28. The zero-order valence-electron chi connectivity index (χ0n) is 19.8. The Balaban J connectivity index is 1.61. The van der Waals surface area contributed by atoms with E-state index in [-0.39, 0.29) is 61.5 Å². The molecule has 2 aromatic heterocycles. The average Bonchev–Trinajstić information content (AvgIpc) is 2.83. The van der Waals surface area contributed by atoms with Crippen LogP contribution in [0.15, 0.2) is 30.7 Å². The molecule has 11 nitrogen and oxygen atoms in total. The molecule has 0 unspecified atom stereocenters. The lowest BCUT2D eigenvalue weighted by Crippen LogP contribution is -2.28. The van der Waals surface area contributed by atoms with E-state index in [1.165, 1.54) is 18.6 Å². The molecular formula is C24H28FN7O4. The Morgan fingerprint density at radius 1 is 1.06 bits per heavy atom. The molecule has 0 aliphatic heterocycles. The quantitative estimate of drug-likeness (QED) is 0.195. The van der Waals surface area contributed by atoms with E-state index in [4.69, 9.17) is 21.9 Å². The van der Waals surface area contributed by atoms with Crippen molar-refractivity contribution in [3.63, 3.8) is 0 Å². The van der Waals surface area contributed by atoms with Gasteiger partial charge in [-0.15, -0.1) is 0 Å². The molecule has 8 N–H and O–H groups in total. The summed E-state index contributed by atoms with van der Waals surface area (Å²) in [6.07, 6.45) is 4.95. The maximum absolute atomic E-state index is 15.0. The predicted molar refractivity (Wildman–Crippen MR) is 134 cm³/mol. The molecule has 0 bridgehead atoms. The number of carbonyl (C=O) groups excluding carboxylic acids is 3. The number of nitrogen functional groups attached to an aromatic ring is 2. The molecule has 2 heterocycles. The predicted octanol–water partition coefficient (Wildman–Crippen LogP) is 1.64. The average molecular weight is 498 g/mol. The van der Waals surface area contributed by atoms with Crippen LogP contribution in [0, 0.1) is 12.7 Å². The third-order valence-corrected chi connectivity index (χ3v) is 5.43. The number of carbonyl (C=O) groups is 3. The lowest BCUT2D eigenvalue weighted by Gasteiger charge is -2.13. The van der Waals surface area contributed by atoms with Crippen LogP contribution in [-0.2, 0) is 19.1 Å². The summed E-state index contributed by atoms with van der Waals surface area (Å²) in [7, 11) is 0. The van der Waals surface area contributed by atoms with Crippen molar-refractivity contribution in [2.24, 2.45) is 5.73 Å². The SMILES string of the molecule is Cc1c(N)cncc1-c1cc2cc(NC(=O)CCCC(=O)NCCOCC(N)=O)ncc2c(N)c1F. The molecular weight excluding hydrogens is 469 g/mol. The number of nitrogens with two attached hydrogens (primary N) is 3. The first-order valence-electron chi connectivity index (χ1n) is 11.2. The highest BCUT2D eigenvalue weighted by molar-refractivity contribution is 6.00. The van der Waals surface area contributed by atoms with Crippen LogP contribution in [0.5, 0.6) is 0 Å². The Morgan fingerprint density at radius 2 is 1.81 bits per heavy atom. The number of hydrogen-bond acceptors (Lipinski definition) is 8. The van der Waals surface area contributed by atoms with E-state index in [1.807, 2.05) is 0 Å². The highest BCUT2D eigenvalue weighted by atomic mass is 19.1. The van der Waals surface area contributed by atoms with Gasteiger partial charge in [0.25, 0.3) is 0 Å². The van der Waals surface area contributed by atoms with Crippen molar-refractivity contribution in [3.8, 4) is 11.1 Å². The zero-order valence-corrected chi connectivity index (χ0v) is 19.8. The molecule has 0 saturated heterocycles. The molecule has 190 valence electrons. The number of hydrogen-bond donors (Lipinski definition) is 5. The highest BCUT2D eigenvalue weighted by Gasteiger charge is 2.17. The van der Waals surface area contributed by atoms with Gasteiger partial charge >= 0.3 is 0 Å². The van der Waals surface area contributed by atoms with Crippen LogP contribution < -0.4 is 27.8 Å². The van der Waals surface area contributed by atoms with E-state index >= 15 is 4.39 Å². The van der Waals surface area contributed by atoms with E-state index < -0.39 is 11.7 Å². The minimum Gasteiger partial charge on any atom is -0.397 e. The lowest BCUT2D eigenvalue weighted by atomic mass is 9.97. The molecule has 12 heteroatoms. The Hall–Kier alpha value is -4.32. The van der Waals surface area contributed by atoms with E-state index in [2.05, 4.69) is 20.6 Å². The van der Waals surface area contributed by atoms with Crippen LogP contribution >= 0.6 is 0 Å². The number of fused-ring (bicyclic) bond motifs is 1. The van der Waals surface area contributed by atoms with Crippen molar-refractivity contribution in [2.75, 3.05) is 36.5 Å². The third kappa shape index (κ3) is 6.63. The van der Waals surface area contributed by atoms with E-state index in [0.717, 1.165) is 0 Å². The molecule has 3 amide bonds. The van der Waals surface area contributed by atoms with Gasteiger partial charge in [-0.25, -0.2) is 9.37 Å². The third-order valence-electron chi connectivity index (χ3n) is 5.43. The van der Waals surface area contributed by atoms with Crippen LogP contribution in [0.4, 0.5) is 21.6 Å². The molecule has 0 aliphatic carbocycles. The van der Waals surface area contributed by atoms with Crippen molar-refractivity contribution in [1.82, 2.24) is 15.3 Å². The van der Waals surface area contributed by atoms with Crippen LogP contribution in [0.1, 0.15) is 24.8 Å². The van der Waals surface area contributed by atoms with E-state index in [1.54, 1.807) is 19.1 Å². The van der Waals surface area contributed by atoms with Gasteiger partial charge in [0.1, 0.15) is 12.4 Å². The molecule has 0 radical (unpaired) electrons. The molecule has 0 spiro atoms. The van der Waals surface area contributed by atoms with Gasteiger partial charge in [0.2, 0.25) is 17.7 Å². The summed E-state index contributed by atoms with van der Waals surface area (Å²) in [4.78, 5) is 42.9. The first-order valence-corrected chi connectivity index (χ1v) is 11.2. The van der Waals surface area contributed by atoms with Crippen molar-refractivity contribution in [1.29, 1.82) is 0 Å². The minimum absolute atomic E-state index is 0.0688. The summed E-state index contributed by atoms with van der Waals surface area (Å²) in [6, 6.07) is 3.21. The molecule has 36 heavy (non-hydrogen) atoms. The highest BCUT2D eigenvalue weighted by Crippen LogP contribution is 2.36. The van der Waals surface area contributed by atoms with Gasteiger partial charge in [0.15, 0.2) is 5.82 Å². The molecule has 0 atom stereocenters. The first-order chi connectivity index (χ1) is 17.2. The number of aromatic nitrogens is 2. The van der Waals surface area contributed by atoms with Crippen LogP contribution in [-0.4, -0.2) is 47.4 Å².